The monoisotopic (exact) mass is 313 g/mol. The standard InChI is InChI=1S/C18H19NO4/c20-18(21)16(13-6-2-1-3-7-13)19-12-14-8-4-9-15-17(14)23-11-5-10-22-15/h1-4,6-9,16,19H,5,10-12H2,(H,20,21)/t16-/m1/s1. The van der Waals surface area contributed by atoms with Crippen LogP contribution in [0, 0.1) is 0 Å². The van der Waals surface area contributed by atoms with E-state index in [1.165, 1.54) is 0 Å². The maximum absolute atomic E-state index is 11.5. The quantitative estimate of drug-likeness (QED) is 0.888. The van der Waals surface area contributed by atoms with Gasteiger partial charge in [0.15, 0.2) is 11.5 Å². The van der Waals surface area contributed by atoms with Gasteiger partial charge in [0.1, 0.15) is 6.04 Å². The zero-order chi connectivity index (χ0) is 16.1. The molecule has 1 atom stereocenters. The zero-order valence-electron chi connectivity index (χ0n) is 12.7. The number of hydrogen-bond acceptors (Lipinski definition) is 4. The minimum Gasteiger partial charge on any atom is -0.490 e. The summed E-state index contributed by atoms with van der Waals surface area (Å²) in [7, 11) is 0. The topological polar surface area (TPSA) is 67.8 Å². The van der Waals surface area contributed by atoms with Crippen LogP contribution in [0.15, 0.2) is 48.5 Å². The summed E-state index contributed by atoms with van der Waals surface area (Å²) < 4.78 is 11.4. The molecule has 5 heteroatoms. The van der Waals surface area contributed by atoms with Crippen LogP contribution in [0.1, 0.15) is 23.6 Å². The van der Waals surface area contributed by atoms with Crippen LogP contribution in [0.25, 0.3) is 0 Å². The zero-order valence-corrected chi connectivity index (χ0v) is 12.7. The first-order chi connectivity index (χ1) is 11.3. The summed E-state index contributed by atoms with van der Waals surface area (Å²) in [6.45, 7) is 1.62. The van der Waals surface area contributed by atoms with Crippen molar-refractivity contribution < 1.29 is 19.4 Å². The van der Waals surface area contributed by atoms with E-state index in [1.54, 1.807) is 12.1 Å². The SMILES string of the molecule is O=C(O)[C@H](NCc1cccc2c1OCCCO2)c1ccccc1. The molecule has 5 nitrogen and oxygen atoms in total. The number of carbonyl (C=O) groups is 1. The number of aliphatic carboxylic acids is 1. The molecule has 1 aliphatic heterocycles. The van der Waals surface area contributed by atoms with Crippen molar-refractivity contribution >= 4 is 5.97 Å². The van der Waals surface area contributed by atoms with Gasteiger partial charge in [-0.3, -0.25) is 10.1 Å². The molecule has 0 amide bonds. The fourth-order valence-electron chi connectivity index (χ4n) is 2.60. The first-order valence-corrected chi connectivity index (χ1v) is 7.64. The van der Waals surface area contributed by atoms with Crippen molar-refractivity contribution in [1.29, 1.82) is 0 Å². The molecule has 0 fully saturated rings. The number of hydrogen-bond donors (Lipinski definition) is 2. The van der Waals surface area contributed by atoms with Crippen molar-refractivity contribution in [3.8, 4) is 11.5 Å². The van der Waals surface area contributed by atoms with Crippen molar-refractivity contribution in [3.05, 3.63) is 59.7 Å². The maximum Gasteiger partial charge on any atom is 0.325 e. The number of para-hydroxylation sites is 1. The highest BCUT2D eigenvalue weighted by Crippen LogP contribution is 2.33. The van der Waals surface area contributed by atoms with Crippen LogP contribution in [0.4, 0.5) is 0 Å². The summed E-state index contributed by atoms with van der Waals surface area (Å²) in [4.78, 5) is 11.5. The van der Waals surface area contributed by atoms with Crippen molar-refractivity contribution in [2.24, 2.45) is 0 Å². The molecule has 0 unspecified atom stereocenters. The van der Waals surface area contributed by atoms with Crippen LogP contribution >= 0.6 is 0 Å². The third-order valence-electron chi connectivity index (χ3n) is 3.73. The normalized spacial score (nSPS) is 14.8. The summed E-state index contributed by atoms with van der Waals surface area (Å²) in [6, 6.07) is 14.1. The van der Waals surface area contributed by atoms with Gasteiger partial charge in [0, 0.05) is 18.5 Å². The second kappa shape index (κ2) is 7.15. The number of carboxylic acid groups (broad SMARTS) is 1. The van der Waals surface area contributed by atoms with E-state index in [0.717, 1.165) is 17.5 Å². The Bertz CT molecular complexity index is 672. The molecule has 0 aromatic heterocycles. The molecule has 0 bridgehead atoms. The Kier molecular flexibility index (Phi) is 4.78. The Morgan fingerprint density at radius 1 is 1.09 bits per heavy atom. The van der Waals surface area contributed by atoms with E-state index in [9.17, 15) is 9.90 Å². The fourth-order valence-corrected chi connectivity index (χ4v) is 2.60. The molecule has 0 aliphatic carbocycles. The van der Waals surface area contributed by atoms with Crippen LogP contribution in [-0.2, 0) is 11.3 Å². The van der Waals surface area contributed by atoms with Crippen LogP contribution < -0.4 is 14.8 Å². The largest absolute Gasteiger partial charge is 0.490 e. The lowest BCUT2D eigenvalue weighted by Crippen LogP contribution is -2.28. The highest BCUT2D eigenvalue weighted by atomic mass is 16.5. The van der Waals surface area contributed by atoms with E-state index in [1.807, 2.05) is 36.4 Å². The predicted octanol–water partition coefficient (Wildman–Crippen LogP) is 2.76. The van der Waals surface area contributed by atoms with E-state index in [2.05, 4.69) is 5.32 Å². The number of carboxylic acids is 1. The van der Waals surface area contributed by atoms with Gasteiger partial charge in [-0.1, -0.05) is 42.5 Å². The van der Waals surface area contributed by atoms with Gasteiger partial charge >= 0.3 is 5.97 Å². The summed E-state index contributed by atoms with van der Waals surface area (Å²) in [5.41, 5.74) is 1.62. The Balaban J connectivity index is 1.78. The van der Waals surface area contributed by atoms with Crippen LogP contribution in [-0.4, -0.2) is 24.3 Å². The molecule has 120 valence electrons. The molecule has 0 saturated carbocycles. The molecule has 2 N–H and O–H groups in total. The first kappa shape index (κ1) is 15.4. The summed E-state index contributed by atoms with van der Waals surface area (Å²) in [5.74, 6) is 0.512. The van der Waals surface area contributed by atoms with Gasteiger partial charge in [-0.25, -0.2) is 0 Å². The number of ether oxygens (including phenoxy) is 2. The molecule has 1 heterocycles. The average molecular weight is 313 g/mol. The Hall–Kier alpha value is -2.53. The van der Waals surface area contributed by atoms with Gasteiger partial charge in [-0.2, -0.15) is 0 Å². The van der Waals surface area contributed by atoms with Crippen molar-refractivity contribution in [1.82, 2.24) is 5.32 Å². The summed E-state index contributed by atoms with van der Waals surface area (Å²) >= 11 is 0. The second-order valence-corrected chi connectivity index (χ2v) is 5.36. The molecular formula is C18H19NO4. The average Bonchev–Trinajstić information content (AvgIpc) is 2.81. The molecule has 0 radical (unpaired) electrons. The lowest BCUT2D eigenvalue weighted by Gasteiger charge is -2.17. The molecule has 3 rings (SSSR count). The fraction of sp³-hybridized carbons (Fsp3) is 0.278. The first-order valence-electron chi connectivity index (χ1n) is 7.64. The lowest BCUT2D eigenvalue weighted by molar-refractivity contribution is -0.139. The van der Waals surface area contributed by atoms with Gasteiger partial charge in [-0.05, 0) is 11.6 Å². The van der Waals surface area contributed by atoms with E-state index >= 15 is 0 Å². The van der Waals surface area contributed by atoms with E-state index in [-0.39, 0.29) is 0 Å². The second-order valence-electron chi connectivity index (χ2n) is 5.36. The highest BCUT2D eigenvalue weighted by molar-refractivity contribution is 5.75. The number of fused-ring (bicyclic) bond motifs is 1. The minimum atomic E-state index is -0.907. The molecular weight excluding hydrogens is 294 g/mol. The number of nitrogens with one attached hydrogen (secondary N) is 1. The molecule has 23 heavy (non-hydrogen) atoms. The maximum atomic E-state index is 11.5. The minimum absolute atomic E-state index is 0.387. The van der Waals surface area contributed by atoms with Crippen molar-refractivity contribution in [3.63, 3.8) is 0 Å². The summed E-state index contributed by atoms with van der Waals surface area (Å²) in [6.07, 6.45) is 0.837. The van der Waals surface area contributed by atoms with Gasteiger partial charge in [0.2, 0.25) is 0 Å². The van der Waals surface area contributed by atoms with Crippen LogP contribution in [0.3, 0.4) is 0 Å². The number of rotatable bonds is 5. The molecule has 1 aliphatic rings. The molecule has 0 spiro atoms. The van der Waals surface area contributed by atoms with Crippen LogP contribution in [0.2, 0.25) is 0 Å². The molecule has 0 saturated heterocycles. The van der Waals surface area contributed by atoms with Gasteiger partial charge < -0.3 is 14.6 Å². The lowest BCUT2D eigenvalue weighted by atomic mass is 10.1. The Labute approximate surface area is 134 Å². The predicted molar refractivity (Wildman–Crippen MR) is 85.7 cm³/mol. The smallest absolute Gasteiger partial charge is 0.325 e. The van der Waals surface area contributed by atoms with Gasteiger partial charge in [0.05, 0.1) is 13.2 Å². The van der Waals surface area contributed by atoms with Crippen molar-refractivity contribution in [2.75, 3.05) is 13.2 Å². The molecule has 2 aromatic carbocycles. The third kappa shape index (κ3) is 3.63. The van der Waals surface area contributed by atoms with Gasteiger partial charge in [-0.15, -0.1) is 0 Å². The third-order valence-corrected chi connectivity index (χ3v) is 3.73. The van der Waals surface area contributed by atoms with Gasteiger partial charge in [0.25, 0.3) is 0 Å². The van der Waals surface area contributed by atoms with E-state index in [0.29, 0.717) is 31.3 Å². The molecule has 2 aromatic rings. The van der Waals surface area contributed by atoms with E-state index in [4.69, 9.17) is 9.47 Å². The van der Waals surface area contributed by atoms with Crippen LogP contribution in [0.5, 0.6) is 11.5 Å². The Morgan fingerprint density at radius 2 is 1.87 bits per heavy atom. The highest BCUT2D eigenvalue weighted by Gasteiger charge is 2.20. The number of benzene rings is 2. The summed E-state index contributed by atoms with van der Waals surface area (Å²) in [5, 5.41) is 12.6. The Morgan fingerprint density at radius 3 is 2.65 bits per heavy atom. The van der Waals surface area contributed by atoms with Crippen molar-refractivity contribution in [2.45, 2.75) is 19.0 Å². The van der Waals surface area contributed by atoms with E-state index < -0.39 is 12.0 Å².